The van der Waals surface area contributed by atoms with E-state index in [1.54, 1.807) is 25.1 Å². The highest BCUT2D eigenvalue weighted by Gasteiger charge is 2.55. The van der Waals surface area contributed by atoms with E-state index in [4.69, 9.17) is 0 Å². The zero-order valence-corrected chi connectivity index (χ0v) is 18.6. The van der Waals surface area contributed by atoms with Gasteiger partial charge in [-0.2, -0.15) is 0 Å². The molecule has 1 saturated heterocycles. The summed E-state index contributed by atoms with van der Waals surface area (Å²) < 4.78 is 0.729. The number of phenols is 1. The summed E-state index contributed by atoms with van der Waals surface area (Å²) in [6.45, 7) is 1.62. The van der Waals surface area contributed by atoms with Gasteiger partial charge in [-0.1, -0.05) is 27.6 Å². The smallest absolute Gasteiger partial charge is 0.233 e. The number of fused-ring (bicyclic) bond motifs is 3. The van der Waals surface area contributed by atoms with Crippen molar-refractivity contribution in [3.05, 3.63) is 62.7 Å². The monoisotopic (exact) mass is 481 g/mol. The molecule has 1 heterocycles. The van der Waals surface area contributed by atoms with Gasteiger partial charge in [0.05, 0.1) is 11.8 Å². The number of imide groups is 1. The van der Waals surface area contributed by atoms with E-state index in [9.17, 15) is 24.3 Å². The maximum Gasteiger partial charge on any atom is 0.233 e. The summed E-state index contributed by atoms with van der Waals surface area (Å²) in [5, 5.41) is 10.7. The molecule has 0 spiro atoms. The van der Waals surface area contributed by atoms with Crippen molar-refractivity contribution in [3.63, 3.8) is 0 Å². The van der Waals surface area contributed by atoms with Crippen LogP contribution in [0.4, 0.5) is 0 Å². The molecule has 6 nitrogen and oxygen atoms in total. The molecule has 0 saturated carbocycles. The average Bonchev–Trinajstić information content (AvgIpc) is 2.96. The molecule has 7 heteroatoms. The van der Waals surface area contributed by atoms with Crippen LogP contribution in [0.3, 0.4) is 0 Å². The molecule has 0 unspecified atom stereocenters. The molecular weight excluding hydrogens is 462 g/mol. The summed E-state index contributed by atoms with van der Waals surface area (Å²) in [4.78, 5) is 52.9. The highest BCUT2D eigenvalue weighted by molar-refractivity contribution is 9.10. The predicted molar refractivity (Wildman–Crippen MR) is 115 cm³/mol. The van der Waals surface area contributed by atoms with Gasteiger partial charge in [0.25, 0.3) is 0 Å². The largest absolute Gasteiger partial charge is 0.508 e. The molecule has 158 valence electrons. The van der Waals surface area contributed by atoms with Crippen LogP contribution in [0, 0.1) is 17.8 Å². The number of hydrogen-bond donors (Lipinski definition) is 1. The van der Waals surface area contributed by atoms with E-state index in [2.05, 4.69) is 15.9 Å². The van der Waals surface area contributed by atoms with Crippen LogP contribution in [-0.2, 0) is 19.2 Å². The number of benzene rings is 1. The summed E-state index contributed by atoms with van der Waals surface area (Å²) in [6.07, 6.45) is 3.93. The van der Waals surface area contributed by atoms with E-state index in [0.717, 1.165) is 10.0 Å². The van der Waals surface area contributed by atoms with E-state index in [0.29, 0.717) is 28.7 Å². The topological polar surface area (TPSA) is 91.8 Å². The van der Waals surface area contributed by atoms with Crippen LogP contribution in [0.2, 0.25) is 0 Å². The highest BCUT2D eigenvalue weighted by atomic mass is 79.9. The molecule has 1 N–H and O–H groups in total. The van der Waals surface area contributed by atoms with E-state index in [1.165, 1.54) is 18.0 Å². The second-order valence-corrected chi connectivity index (χ2v) is 9.58. The third kappa shape index (κ3) is 2.75. The summed E-state index contributed by atoms with van der Waals surface area (Å²) in [5.41, 5.74) is 2.47. The van der Waals surface area contributed by atoms with Crippen LogP contribution in [0.1, 0.15) is 31.2 Å². The Morgan fingerprint density at radius 1 is 1.10 bits per heavy atom. The Balaban J connectivity index is 1.75. The number of ketones is 2. The number of halogens is 1. The lowest BCUT2D eigenvalue weighted by molar-refractivity contribution is -0.138. The van der Waals surface area contributed by atoms with E-state index < -0.39 is 17.8 Å². The van der Waals surface area contributed by atoms with Crippen molar-refractivity contribution < 1.29 is 24.3 Å². The van der Waals surface area contributed by atoms with Crippen LogP contribution in [0.5, 0.6) is 5.75 Å². The first kappa shape index (κ1) is 20.1. The van der Waals surface area contributed by atoms with Crippen LogP contribution < -0.4 is 0 Å². The minimum atomic E-state index is -0.638. The molecule has 1 aromatic carbocycles. The number of hydrogen-bond acceptors (Lipinski definition) is 5. The van der Waals surface area contributed by atoms with Gasteiger partial charge in [0.15, 0.2) is 11.6 Å². The molecule has 4 atom stereocenters. The van der Waals surface area contributed by atoms with Crippen LogP contribution >= 0.6 is 15.9 Å². The Hall–Kier alpha value is -2.80. The number of amides is 2. The third-order valence-corrected chi connectivity index (χ3v) is 7.58. The normalized spacial score (nSPS) is 30.1. The second kappa shape index (κ2) is 6.85. The minimum Gasteiger partial charge on any atom is -0.508 e. The van der Waals surface area contributed by atoms with Crippen molar-refractivity contribution in [2.24, 2.45) is 17.8 Å². The van der Waals surface area contributed by atoms with Gasteiger partial charge in [-0.15, -0.1) is 0 Å². The zero-order chi connectivity index (χ0) is 22.2. The molecule has 1 aliphatic heterocycles. The van der Waals surface area contributed by atoms with Crippen LogP contribution in [0.15, 0.2) is 57.1 Å². The van der Waals surface area contributed by atoms with E-state index in [-0.39, 0.29) is 41.5 Å². The van der Waals surface area contributed by atoms with Crippen molar-refractivity contribution in [2.45, 2.75) is 25.7 Å². The fourth-order valence-electron chi connectivity index (χ4n) is 5.63. The van der Waals surface area contributed by atoms with E-state index >= 15 is 0 Å². The molecule has 3 aliphatic carbocycles. The lowest BCUT2D eigenvalue weighted by Crippen LogP contribution is -2.39. The number of Topliss-reactive ketones (excluding diaryl/α,β-unsaturated/α-hetero) is 1. The van der Waals surface area contributed by atoms with Crippen molar-refractivity contribution in [3.8, 4) is 5.75 Å². The first-order chi connectivity index (χ1) is 14.7. The number of aromatic hydroxyl groups is 1. The highest BCUT2D eigenvalue weighted by Crippen LogP contribution is 2.56. The van der Waals surface area contributed by atoms with E-state index in [1.807, 2.05) is 6.08 Å². The van der Waals surface area contributed by atoms with Gasteiger partial charge in [0, 0.05) is 39.7 Å². The third-order valence-electron chi connectivity index (χ3n) is 7.09. The maximum atomic E-state index is 13.2. The Morgan fingerprint density at radius 2 is 1.84 bits per heavy atom. The molecular formula is C24H20BrNO5. The predicted octanol–water partition coefficient (Wildman–Crippen LogP) is 3.21. The van der Waals surface area contributed by atoms with Gasteiger partial charge < -0.3 is 5.11 Å². The lowest BCUT2D eigenvalue weighted by atomic mass is 9.59. The minimum absolute atomic E-state index is 0.0159. The Bertz CT molecular complexity index is 1190. The van der Waals surface area contributed by atoms with Crippen molar-refractivity contribution >= 4 is 39.3 Å². The first-order valence-electron chi connectivity index (χ1n) is 10.2. The van der Waals surface area contributed by atoms with Crippen LogP contribution in [-0.4, -0.2) is 40.4 Å². The Morgan fingerprint density at radius 3 is 2.58 bits per heavy atom. The van der Waals surface area contributed by atoms with Gasteiger partial charge in [-0.05, 0) is 50.0 Å². The molecule has 31 heavy (non-hydrogen) atoms. The standard InChI is InChI=1S/C24H20BrNO5/c1-10-7-18(28)16-9-14-12(4-5-13-20(14)24(31)26(2)23(13)30)19(21(16)22(10)29)15-8-11(25)3-6-17(15)27/h3-4,6-8,13-14,19-20,27H,5,9H2,1-2H3/t13-,14+,19+,20-/m0/s1. The van der Waals surface area contributed by atoms with Gasteiger partial charge in [-0.25, -0.2) is 0 Å². The number of carbonyl (C=O) groups is 4. The van der Waals surface area contributed by atoms with Gasteiger partial charge in [0.1, 0.15) is 5.75 Å². The van der Waals surface area contributed by atoms with Gasteiger partial charge in [-0.3, -0.25) is 24.1 Å². The second-order valence-electron chi connectivity index (χ2n) is 8.67. The Kier molecular flexibility index (Phi) is 4.45. The molecule has 2 amide bonds. The number of carbonyl (C=O) groups excluding carboxylic acids is 4. The summed E-state index contributed by atoms with van der Waals surface area (Å²) >= 11 is 3.43. The van der Waals surface area contributed by atoms with Crippen LogP contribution in [0.25, 0.3) is 0 Å². The quantitative estimate of drug-likeness (QED) is 0.377. The molecule has 5 rings (SSSR count). The number of phenolic OH excluding ortho intramolecular Hbond substituents is 1. The van der Waals surface area contributed by atoms with Gasteiger partial charge in [0.2, 0.25) is 11.8 Å². The van der Waals surface area contributed by atoms with Crippen molar-refractivity contribution in [2.75, 3.05) is 7.05 Å². The number of nitrogens with zero attached hydrogens (tertiary/aromatic N) is 1. The first-order valence-corrected chi connectivity index (χ1v) is 11.0. The lowest BCUT2D eigenvalue weighted by Gasteiger charge is -2.42. The molecule has 4 aliphatic rings. The molecule has 0 bridgehead atoms. The Labute approximate surface area is 187 Å². The fraction of sp³-hybridized carbons (Fsp3) is 0.333. The summed E-state index contributed by atoms with van der Waals surface area (Å²) in [5.74, 6) is -2.89. The average molecular weight is 482 g/mol. The zero-order valence-electron chi connectivity index (χ0n) is 17.0. The number of allylic oxidation sites excluding steroid dienone is 6. The molecule has 0 radical (unpaired) electrons. The van der Waals surface area contributed by atoms with Crippen molar-refractivity contribution in [1.29, 1.82) is 0 Å². The molecule has 1 fully saturated rings. The van der Waals surface area contributed by atoms with Crippen molar-refractivity contribution in [1.82, 2.24) is 4.90 Å². The SMILES string of the molecule is CC1=CC(=O)C2=C(C1=O)[C@@H](c1cc(Br)ccc1O)C1=CC[C@@H]3C(=O)N(C)C(=O)[C@@H]3[C@@H]1C2. The number of likely N-dealkylation sites (tertiary alicyclic amines) is 1. The molecule has 0 aromatic heterocycles. The summed E-state index contributed by atoms with van der Waals surface area (Å²) in [6, 6.07) is 5.00. The maximum absolute atomic E-state index is 13.2. The molecule has 1 aromatic rings. The fourth-order valence-corrected chi connectivity index (χ4v) is 6.01. The summed E-state index contributed by atoms with van der Waals surface area (Å²) in [7, 11) is 1.50. The van der Waals surface area contributed by atoms with Gasteiger partial charge >= 0.3 is 0 Å². The number of rotatable bonds is 1.